The van der Waals surface area contributed by atoms with Crippen molar-refractivity contribution < 1.29 is 19.0 Å². The van der Waals surface area contributed by atoms with Crippen molar-refractivity contribution in [1.29, 1.82) is 0 Å². The molecule has 0 unspecified atom stereocenters. The van der Waals surface area contributed by atoms with Crippen LogP contribution in [0.15, 0.2) is 18.3 Å². The van der Waals surface area contributed by atoms with Crippen LogP contribution in [0, 0.1) is 12.8 Å². The van der Waals surface area contributed by atoms with Gasteiger partial charge in [0.2, 0.25) is 0 Å². The van der Waals surface area contributed by atoms with Crippen LogP contribution in [0.2, 0.25) is 0 Å². The first-order valence-corrected chi connectivity index (χ1v) is 10.8. The standard InChI is InChI=1S/C22H33N3O4/c1-14-17(10-7-11-23-14)29-18-13-28-19-16(12-27-20(18)19)24-21(26)25-22(2,3)15-8-5-4-6-9-15/h7,10-11,15-16,18-20H,4-6,8-9,12-13H2,1-3H3,(H2,24,25,26)/t16-,18-,19+,20+/m0/s1. The van der Waals surface area contributed by atoms with Crippen LogP contribution in [0.5, 0.6) is 5.75 Å². The van der Waals surface area contributed by atoms with Crippen molar-refractivity contribution in [3.63, 3.8) is 0 Å². The van der Waals surface area contributed by atoms with E-state index in [4.69, 9.17) is 14.2 Å². The maximum Gasteiger partial charge on any atom is 0.315 e. The lowest BCUT2D eigenvalue weighted by molar-refractivity contribution is 0.0299. The molecule has 1 aromatic rings. The molecule has 2 aliphatic heterocycles. The largest absolute Gasteiger partial charge is 0.483 e. The molecule has 1 saturated carbocycles. The van der Waals surface area contributed by atoms with Gasteiger partial charge in [-0.1, -0.05) is 19.3 Å². The SMILES string of the molecule is Cc1ncccc1O[C@H]1CO[C@H]2[C@@H]1OC[C@@H]2NC(=O)NC(C)(C)C1CCCCC1. The Kier molecular flexibility index (Phi) is 5.97. The van der Waals surface area contributed by atoms with Gasteiger partial charge in [0.1, 0.15) is 18.0 Å². The Morgan fingerprint density at radius 1 is 1.17 bits per heavy atom. The molecular weight excluding hydrogens is 370 g/mol. The zero-order valence-electron chi connectivity index (χ0n) is 17.6. The van der Waals surface area contributed by atoms with E-state index < -0.39 is 0 Å². The summed E-state index contributed by atoms with van der Waals surface area (Å²) in [5, 5.41) is 6.26. The van der Waals surface area contributed by atoms with Gasteiger partial charge in [0.25, 0.3) is 0 Å². The summed E-state index contributed by atoms with van der Waals surface area (Å²) in [6.07, 6.45) is 7.34. The predicted molar refractivity (Wildman–Crippen MR) is 109 cm³/mol. The summed E-state index contributed by atoms with van der Waals surface area (Å²) in [5.41, 5.74) is 0.622. The van der Waals surface area contributed by atoms with Gasteiger partial charge in [-0.3, -0.25) is 4.98 Å². The van der Waals surface area contributed by atoms with E-state index in [0.29, 0.717) is 19.1 Å². The number of carbonyl (C=O) groups is 1. The van der Waals surface area contributed by atoms with E-state index in [0.717, 1.165) is 11.4 Å². The number of hydrogen-bond donors (Lipinski definition) is 2. The Bertz CT molecular complexity index is 720. The van der Waals surface area contributed by atoms with Gasteiger partial charge in [-0.25, -0.2) is 4.79 Å². The molecule has 0 aromatic carbocycles. The fourth-order valence-electron chi connectivity index (χ4n) is 4.87. The number of hydrogen-bond acceptors (Lipinski definition) is 5. The Labute approximate surface area is 172 Å². The number of urea groups is 1. The molecule has 2 saturated heterocycles. The molecule has 1 aliphatic carbocycles. The number of nitrogens with one attached hydrogen (secondary N) is 2. The lowest BCUT2D eigenvalue weighted by Gasteiger charge is -2.38. The van der Waals surface area contributed by atoms with E-state index in [2.05, 4.69) is 29.5 Å². The number of pyridine rings is 1. The topological polar surface area (TPSA) is 81.7 Å². The van der Waals surface area contributed by atoms with E-state index in [9.17, 15) is 4.79 Å². The van der Waals surface area contributed by atoms with Crippen LogP contribution in [-0.2, 0) is 9.47 Å². The number of rotatable bonds is 5. The van der Waals surface area contributed by atoms with Gasteiger partial charge >= 0.3 is 6.03 Å². The van der Waals surface area contributed by atoms with E-state index in [1.807, 2.05) is 19.1 Å². The molecule has 4 rings (SSSR count). The first kappa shape index (κ1) is 20.4. The van der Waals surface area contributed by atoms with Crippen LogP contribution in [0.25, 0.3) is 0 Å². The van der Waals surface area contributed by atoms with Gasteiger partial charge in [0.05, 0.1) is 24.9 Å². The second kappa shape index (κ2) is 8.48. The summed E-state index contributed by atoms with van der Waals surface area (Å²) >= 11 is 0. The Morgan fingerprint density at radius 2 is 1.93 bits per heavy atom. The number of ether oxygens (including phenoxy) is 3. The summed E-state index contributed by atoms with van der Waals surface area (Å²) in [7, 11) is 0. The minimum absolute atomic E-state index is 0.147. The second-order valence-corrected chi connectivity index (χ2v) is 9.10. The lowest BCUT2D eigenvalue weighted by Crippen LogP contribution is -2.56. The molecule has 29 heavy (non-hydrogen) atoms. The molecule has 3 aliphatic rings. The Hall–Kier alpha value is -1.86. The van der Waals surface area contributed by atoms with Crippen molar-refractivity contribution in [3.05, 3.63) is 24.0 Å². The summed E-state index contributed by atoms with van der Waals surface area (Å²) in [6.45, 7) is 7.04. The van der Waals surface area contributed by atoms with Crippen LogP contribution in [0.3, 0.4) is 0 Å². The average Bonchev–Trinajstić information content (AvgIpc) is 3.27. The number of aromatic nitrogens is 1. The molecule has 3 fully saturated rings. The van der Waals surface area contributed by atoms with Crippen molar-refractivity contribution in [1.82, 2.24) is 15.6 Å². The Balaban J connectivity index is 1.31. The quantitative estimate of drug-likeness (QED) is 0.790. The maximum atomic E-state index is 12.7. The fraction of sp³-hybridized carbons (Fsp3) is 0.727. The molecule has 4 atom stereocenters. The van der Waals surface area contributed by atoms with Crippen molar-refractivity contribution in [3.8, 4) is 5.75 Å². The lowest BCUT2D eigenvalue weighted by atomic mass is 9.77. The highest BCUT2D eigenvalue weighted by atomic mass is 16.6. The van der Waals surface area contributed by atoms with Gasteiger partial charge < -0.3 is 24.8 Å². The molecule has 7 nitrogen and oxygen atoms in total. The summed E-state index contributed by atoms with van der Waals surface area (Å²) in [4.78, 5) is 17.0. The number of nitrogens with zero attached hydrogens (tertiary/aromatic N) is 1. The van der Waals surface area contributed by atoms with Crippen molar-refractivity contribution >= 4 is 6.03 Å². The first-order valence-electron chi connectivity index (χ1n) is 10.8. The maximum absolute atomic E-state index is 12.7. The van der Waals surface area contributed by atoms with Gasteiger partial charge in [-0.15, -0.1) is 0 Å². The molecule has 0 bridgehead atoms. The Morgan fingerprint density at radius 3 is 2.69 bits per heavy atom. The van der Waals surface area contributed by atoms with Gasteiger partial charge in [0, 0.05) is 11.7 Å². The van der Waals surface area contributed by atoms with Gasteiger partial charge in [-0.05, 0) is 51.7 Å². The number of carbonyl (C=O) groups excluding carboxylic acids is 1. The normalized spacial score (nSPS) is 30.0. The predicted octanol–water partition coefficient (Wildman–Crippen LogP) is 2.96. The molecular formula is C22H33N3O4. The minimum Gasteiger partial charge on any atom is -0.483 e. The highest BCUT2D eigenvalue weighted by Crippen LogP contribution is 2.33. The molecule has 3 heterocycles. The molecule has 0 radical (unpaired) electrons. The summed E-state index contributed by atoms with van der Waals surface area (Å²) < 4.78 is 18.0. The van der Waals surface area contributed by atoms with E-state index in [-0.39, 0.29) is 35.9 Å². The first-order chi connectivity index (χ1) is 13.9. The van der Waals surface area contributed by atoms with Crippen molar-refractivity contribution in [2.75, 3.05) is 13.2 Å². The van der Waals surface area contributed by atoms with Crippen LogP contribution < -0.4 is 15.4 Å². The van der Waals surface area contributed by atoms with Crippen molar-refractivity contribution in [2.24, 2.45) is 5.92 Å². The van der Waals surface area contributed by atoms with Gasteiger partial charge in [0.15, 0.2) is 6.10 Å². The molecule has 2 N–H and O–H groups in total. The highest BCUT2D eigenvalue weighted by Gasteiger charge is 2.49. The monoisotopic (exact) mass is 403 g/mol. The van der Waals surface area contributed by atoms with E-state index in [1.54, 1.807) is 6.20 Å². The average molecular weight is 404 g/mol. The number of amides is 2. The number of fused-ring (bicyclic) bond motifs is 1. The molecule has 0 spiro atoms. The minimum atomic E-state index is -0.219. The second-order valence-electron chi connectivity index (χ2n) is 9.10. The van der Waals surface area contributed by atoms with Crippen molar-refractivity contribution in [2.45, 2.75) is 82.8 Å². The third kappa shape index (κ3) is 4.51. The van der Waals surface area contributed by atoms with Gasteiger partial charge in [-0.2, -0.15) is 0 Å². The van der Waals surface area contributed by atoms with Crippen LogP contribution in [0.1, 0.15) is 51.6 Å². The molecule has 160 valence electrons. The van der Waals surface area contributed by atoms with E-state index >= 15 is 0 Å². The fourth-order valence-corrected chi connectivity index (χ4v) is 4.87. The third-order valence-electron chi connectivity index (χ3n) is 6.62. The smallest absolute Gasteiger partial charge is 0.315 e. The molecule has 7 heteroatoms. The number of aryl methyl sites for hydroxylation is 1. The third-order valence-corrected chi connectivity index (χ3v) is 6.62. The molecule has 1 aromatic heterocycles. The van der Waals surface area contributed by atoms with E-state index in [1.165, 1.54) is 32.1 Å². The zero-order chi connectivity index (χ0) is 20.4. The van der Waals surface area contributed by atoms with Crippen LogP contribution in [0.4, 0.5) is 4.79 Å². The van der Waals surface area contributed by atoms with Crippen LogP contribution in [-0.4, -0.2) is 54.1 Å². The van der Waals surface area contributed by atoms with Crippen LogP contribution >= 0.6 is 0 Å². The molecule has 2 amide bonds. The summed E-state index contributed by atoms with van der Waals surface area (Å²) in [5.74, 6) is 1.27. The highest BCUT2D eigenvalue weighted by molar-refractivity contribution is 5.75. The summed E-state index contributed by atoms with van der Waals surface area (Å²) in [6, 6.07) is 3.44. The zero-order valence-corrected chi connectivity index (χ0v) is 17.6.